The highest BCUT2D eigenvalue weighted by molar-refractivity contribution is 6.22. The first-order valence-corrected chi connectivity index (χ1v) is 6.08. The second-order valence-corrected chi connectivity index (χ2v) is 4.55. The predicted molar refractivity (Wildman–Crippen MR) is 66.8 cm³/mol. The molecule has 19 heavy (non-hydrogen) atoms. The summed E-state index contributed by atoms with van der Waals surface area (Å²) >= 11 is 6.33. The minimum Gasteiger partial charge on any atom is -0.395 e. The SMILES string of the molecule is FC1(F)Oc2cccc(C(Cl)c3ccccc3)c2O1. The lowest BCUT2D eigenvalue weighted by Crippen LogP contribution is -2.26. The van der Waals surface area contributed by atoms with Gasteiger partial charge in [-0.2, -0.15) is 0 Å². The third kappa shape index (κ3) is 2.24. The molecule has 1 unspecified atom stereocenters. The number of benzene rings is 2. The maximum atomic E-state index is 13.1. The number of hydrogen-bond donors (Lipinski definition) is 0. The van der Waals surface area contributed by atoms with Gasteiger partial charge in [-0.05, 0) is 11.6 Å². The van der Waals surface area contributed by atoms with E-state index in [-0.39, 0.29) is 11.5 Å². The summed E-state index contributed by atoms with van der Waals surface area (Å²) < 4.78 is 35.1. The van der Waals surface area contributed by atoms with E-state index in [2.05, 4.69) is 9.47 Å². The van der Waals surface area contributed by atoms with E-state index >= 15 is 0 Å². The smallest absolute Gasteiger partial charge is 0.395 e. The molecule has 0 N–H and O–H groups in total. The van der Waals surface area contributed by atoms with Gasteiger partial charge in [0.25, 0.3) is 0 Å². The van der Waals surface area contributed by atoms with Crippen LogP contribution in [0.15, 0.2) is 48.5 Å². The lowest BCUT2D eigenvalue weighted by Gasteiger charge is -2.12. The molecular weight excluding hydrogens is 274 g/mol. The lowest BCUT2D eigenvalue weighted by molar-refractivity contribution is -0.286. The zero-order valence-electron chi connectivity index (χ0n) is 9.65. The van der Waals surface area contributed by atoms with Gasteiger partial charge in [0, 0.05) is 5.56 Å². The van der Waals surface area contributed by atoms with Crippen LogP contribution in [0.3, 0.4) is 0 Å². The fraction of sp³-hybridized carbons (Fsp3) is 0.143. The van der Waals surface area contributed by atoms with Crippen molar-refractivity contribution in [2.75, 3.05) is 0 Å². The largest absolute Gasteiger partial charge is 0.586 e. The Bertz CT molecular complexity index is 602. The number of alkyl halides is 3. The first-order valence-electron chi connectivity index (χ1n) is 5.64. The molecule has 1 aliphatic heterocycles. The average Bonchev–Trinajstić information content (AvgIpc) is 2.72. The van der Waals surface area contributed by atoms with E-state index < -0.39 is 11.7 Å². The van der Waals surface area contributed by atoms with Crippen LogP contribution in [0.2, 0.25) is 0 Å². The van der Waals surface area contributed by atoms with Gasteiger partial charge in [-0.25, -0.2) is 0 Å². The van der Waals surface area contributed by atoms with Gasteiger partial charge in [-0.15, -0.1) is 20.4 Å². The Morgan fingerprint density at radius 3 is 2.42 bits per heavy atom. The van der Waals surface area contributed by atoms with Gasteiger partial charge in [0.2, 0.25) is 0 Å². The summed E-state index contributed by atoms with van der Waals surface area (Å²) in [5.74, 6) is 0.000402. The zero-order chi connectivity index (χ0) is 13.5. The molecule has 0 saturated carbocycles. The topological polar surface area (TPSA) is 18.5 Å². The Labute approximate surface area is 113 Å². The monoisotopic (exact) mass is 282 g/mol. The third-order valence-corrected chi connectivity index (χ3v) is 3.31. The molecule has 0 saturated heterocycles. The molecular formula is C14H9ClF2O2. The third-order valence-electron chi connectivity index (χ3n) is 2.82. The number of hydrogen-bond acceptors (Lipinski definition) is 2. The van der Waals surface area contributed by atoms with Crippen molar-refractivity contribution < 1.29 is 18.3 Å². The van der Waals surface area contributed by atoms with E-state index in [9.17, 15) is 8.78 Å². The molecule has 0 amide bonds. The Morgan fingerprint density at radius 1 is 0.947 bits per heavy atom. The van der Waals surface area contributed by atoms with Gasteiger partial charge in [0.15, 0.2) is 11.5 Å². The number of halogens is 3. The van der Waals surface area contributed by atoms with Crippen LogP contribution in [-0.4, -0.2) is 6.29 Å². The number of fused-ring (bicyclic) bond motifs is 1. The second kappa shape index (κ2) is 4.38. The molecule has 0 radical (unpaired) electrons. The van der Waals surface area contributed by atoms with Crippen molar-refractivity contribution in [1.82, 2.24) is 0 Å². The van der Waals surface area contributed by atoms with Crippen molar-refractivity contribution in [1.29, 1.82) is 0 Å². The molecule has 0 fully saturated rings. The maximum Gasteiger partial charge on any atom is 0.586 e. The molecule has 5 heteroatoms. The molecule has 1 atom stereocenters. The zero-order valence-corrected chi connectivity index (χ0v) is 10.4. The summed E-state index contributed by atoms with van der Waals surface area (Å²) in [6, 6.07) is 13.9. The van der Waals surface area contributed by atoms with E-state index in [1.807, 2.05) is 30.3 Å². The van der Waals surface area contributed by atoms with Gasteiger partial charge in [-0.1, -0.05) is 42.5 Å². The summed E-state index contributed by atoms with van der Waals surface area (Å²) in [6.07, 6.45) is -3.63. The molecule has 2 nitrogen and oxygen atoms in total. The summed E-state index contributed by atoms with van der Waals surface area (Å²) in [7, 11) is 0. The highest BCUT2D eigenvalue weighted by Gasteiger charge is 2.45. The fourth-order valence-corrected chi connectivity index (χ4v) is 2.31. The van der Waals surface area contributed by atoms with E-state index in [1.165, 1.54) is 6.07 Å². The molecule has 0 aromatic heterocycles. The second-order valence-electron chi connectivity index (χ2n) is 4.12. The highest BCUT2D eigenvalue weighted by Crippen LogP contribution is 2.47. The van der Waals surface area contributed by atoms with Crippen LogP contribution in [0.5, 0.6) is 11.5 Å². The molecule has 1 heterocycles. The van der Waals surface area contributed by atoms with Gasteiger partial charge < -0.3 is 9.47 Å². The van der Waals surface area contributed by atoms with E-state index in [0.717, 1.165) is 5.56 Å². The first-order chi connectivity index (χ1) is 9.07. The fourth-order valence-electron chi connectivity index (χ4n) is 1.99. The van der Waals surface area contributed by atoms with Crippen LogP contribution in [0, 0.1) is 0 Å². The van der Waals surface area contributed by atoms with Gasteiger partial charge in [0.05, 0.1) is 5.38 Å². The van der Waals surface area contributed by atoms with Crippen LogP contribution in [0.25, 0.3) is 0 Å². The predicted octanol–water partition coefficient (Wildman–Crippen LogP) is 4.34. The number of rotatable bonds is 2. The quantitative estimate of drug-likeness (QED) is 0.763. The van der Waals surface area contributed by atoms with E-state index in [4.69, 9.17) is 11.6 Å². The molecule has 0 bridgehead atoms. The maximum absolute atomic E-state index is 13.1. The molecule has 1 aliphatic rings. The molecule has 0 aliphatic carbocycles. The van der Waals surface area contributed by atoms with E-state index in [1.54, 1.807) is 12.1 Å². The molecule has 2 aromatic carbocycles. The van der Waals surface area contributed by atoms with E-state index in [0.29, 0.717) is 5.56 Å². The van der Waals surface area contributed by atoms with Crippen molar-refractivity contribution >= 4 is 11.6 Å². The van der Waals surface area contributed by atoms with Crippen molar-refractivity contribution in [2.24, 2.45) is 0 Å². The van der Waals surface area contributed by atoms with Gasteiger partial charge >= 0.3 is 6.29 Å². The van der Waals surface area contributed by atoms with Crippen LogP contribution in [0.1, 0.15) is 16.5 Å². The standard InChI is InChI=1S/C14H9ClF2O2/c15-12(9-5-2-1-3-6-9)10-7-4-8-11-13(10)19-14(16,17)18-11/h1-8,12H. The number of ether oxygens (including phenoxy) is 2. The summed E-state index contributed by atoms with van der Waals surface area (Å²) in [5, 5.41) is -0.575. The Morgan fingerprint density at radius 2 is 1.68 bits per heavy atom. The van der Waals surface area contributed by atoms with Gasteiger partial charge in [-0.3, -0.25) is 0 Å². The Balaban J connectivity index is 2.02. The van der Waals surface area contributed by atoms with Crippen molar-refractivity contribution in [2.45, 2.75) is 11.7 Å². The molecule has 98 valence electrons. The summed E-state index contributed by atoms with van der Waals surface area (Å²) in [4.78, 5) is 0. The minimum absolute atomic E-state index is 0.00338. The van der Waals surface area contributed by atoms with Crippen molar-refractivity contribution in [3.63, 3.8) is 0 Å². The molecule has 0 spiro atoms. The molecule has 2 aromatic rings. The highest BCUT2D eigenvalue weighted by atomic mass is 35.5. The Kier molecular flexibility index (Phi) is 2.82. The van der Waals surface area contributed by atoms with Crippen molar-refractivity contribution in [3.8, 4) is 11.5 Å². The van der Waals surface area contributed by atoms with Crippen molar-refractivity contribution in [3.05, 3.63) is 59.7 Å². The summed E-state index contributed by atoms with van der Waals surface area (Å²) in [6.45, 7) is 0. The summed E-state index contributed by atoms with van der Waals surface area (Å²) in [5.41, 5.74) is 1.26. The van der Waals surface area contributed by atoms with Gasteiger partial charge in [0.1, 0.15) is 0 Å². The normalized spacial score (nSPS) is 17.2. The Hall–Kier alpha value is -1.81. The first kappa shape index (κ1) is 12.2. The van der Waals surface area contributed by atoms with Crippen LogP contribution >= 0.6 is 11.6 Å². The minimum atomic E-state index is -3.63. The van der Waals surface area contributed by atoms with Crippen LogP contribution in [0.4, 0.5) is 8.78 Å². The van der Waals surface area contributed by atoms with Crippen LogP contribution < -0.4 is 9.47 Å². The average molecular weight is 283 g/mol. The van der Waals surface area contributed by atoms with Crippen LogP contribution in [-0.2, 0) is 0 Å². The number of para-hydroxylation sites is 1. The molecule has 3 rings (SSSR count). The lowest BCUT2D eigenvalue weighted by atomic mass is 10.0.